The van der Waals surface area contributed by atoms with Crippen molar-refractivity contribution in [2.45, 2.75) is 80.7 Å². The molecule has 3 rings (SSSR count). The van der Waals surface area contributed by atoms with E-state index in [4.69, 9.17) is 5.11 Å². The molecule has 6 heteroatoms. The Labute approximate surface area is 195 Å². The van der Waals surface area contributed by atoms with E-state index in [1.807, 2.05) is 48.5 Å². The van der Waals surface area contributed by atoms with E-state index in [0.29, 0.717) is 11.9 Å². The molecule has 1 aromatic heterocycles. The molecule has 6 nitrogen and oxygen atoms in total. The quantitative estimate of drug-likeness (QED) is 0.582. The van der Waals surface area contributed by atoms with Crippen molar-refractivity contribution in [3.05, 3.63) is 35.1 Å². The van der Waals surface area contributed by atoms with E-state index in [1.54, 1.807) is 0 Å². The van der Waals surface area contributed by atoms with Crippen LogP contribution in [0.25, 0.3) is 6.08 Å². The molecule has 2 N–H and O–H groups in total. The summed E-state index contributed by atoms with van der Waals surface area (Å²) in [5.74, 6) is 0.553. The summed E-state index contributed by atoms with van der Waals surface area (Å²) in [6.45, 7) is 20.4. The zero-order valence-electron chi connectivity index (χ0n) is 21.7. The van der Waals surface area contributed by atoms with Crippen molar-refractivity contribution < 1.29 is 9.90 Å². The molecule has 32 heavy (non-hydrogen) atoms. The first-order valence-electron chi connectivity index (χ1n) is 12.5. The van der Waals surface area contributed by atoms with Crippen LogP contribution < -0.4 is 0 Å². The van der Waals surface area contributed by atoms with E-state index in [-0.39, 0.29) is 12.4 Å². The predicted octanol–water partition coefficient (Wildman–Crippen LogP) is 4.92. The van der Waals surface area contributed by atoms with Gasteiger partial charge in [-0.15, -0.1) is 0 Å². The minimum Gasteiger partial charge on any atom is -0.396 e. The number of carbonyl (C=O) groups is 1. The number of fused-ring (bicyclic) bond motifs is 1. The first-order valence-corrected chi connectivity index (χ1v) is 12.5. The average Bonchev–Trinajstić information content (AvgIpc) is 3.11. The van der Waals surface area contributed by atoms with Crippen LogP contribution in [0, 0.1) is 5.41 Å². The molecule has 2 aliphatic rings. The molecular weight excluding hydrogens is 400 g/mol. The number of imidazole rings is 1. The van der Waals surface area contributed by atoms with Gasteiger partial charge in [0.2, 0.25) is 5.78 Å². The van der Waals surface area contributed by atoms with Gasteiger partial charge in [-0.1, -0.05) is 54.5 Å². The fourth-order valence-electron chi connectivity index (χ4n) is 3.86. The number of hydrogen-bond donors (Lipinski definition) is 2. The smallest absolute Gasteiger partial charge is 0.203 e. The summed E-state index contributed by atoms with van der Waals surface area (Å²) in [6, 6.07) is 0.393. The predicted molar refractivity (Wildman–Crippen MR) is 135 cm³/mol. The molecule has 1 aliphatic carbocycles. The molecule has 1 aromatic rings. The Morgan fingerprint density at radius 1 is 1.25 bits per heavy atom. The molecule has 182 valence electrons. The maximum atomic E-state index is 12.8. The number of hydrogen-bond acceptors (Lipinski definition) is 5. The van der Waals surface area contributed by atoms with Gasteiger partial charge in [-0.3, -0.25) is 9.69 Å². The van der Waals surface area contributed by atoms with E-state index < -0.39 is 5.41 Å². The van der Waals surface area contributed by atoms with Gasteiger partial charge in [-0.05, 0) is 31.9 Å². The highest BCUT2D eigenvalue weighted by molar-refractivity contribution is 5.97. The second-order valence-corrected chi connectivity index (χ2v) is 8.61. The highest BCUT2D eigenvalue weighted by Crippen LogP contribution is 2.27. The Hall–Kier alpha value is -1.92. The van der Waals surface area contributed by atoms with Crippen molar-refractivity contribution >= 4 is 11.9 Å². The maximum Gasteiger partial charge on any atom is 0.203 e. The van der Waals surface area contributed by atoms with Crippen molar-refractivity contribution in [3.63, 3.8) is 0 Å². The van der Waals surface area contributed by atoms with Crippen LogP contribution in [-0.4, -0.2) is 69.5 Å². The van der Waals surface area contributed by atoms with E-state index >= 15 is 0 Å². The molecule has 1 saturated heterocycles. The fourth-order valence-corrected chi connectivity index (χ4v) is 3.86. The summed E-state index contributed by atoms with van der Waals surface area (Å²) < 4.78 is 0. The van der Waals surface area contributed by atoms with Crippen LogP contribution in [0.15, 0.2) is 17.8 Å². The molecule has 0 aromatic carbocycles. The van der Waals surface area contributed by atoms with Crippen molar-refractivity contribution in [3.8, 4) is 0 Å². The lowest BCUT2D eigenvalue weighted by Gasteiger charge is -2.41. The van der Waals surface area contributed by atoms with E-state index in [2.05, 4.69) is 44.9 Å². The van der Waals surface area contributed by atoms with Gasteiger partial charge >= 0.3 is 0 Å². The summed E-state index contributed by atoms with van der Waals surface area (Å²) in [4.78, 5) is 25.6. The van der Waals surface area contributed by atoms with Gasteiger partial charge in [0, 0.05) is 62.1 Å². The summed E-state index contributed by atoms with van der Waals surface area (Å²) >= 11 is 0. The van der Waals surface area contributed by atoms with Crippen LogP contribution in [-0.2, 0) is 6.42 Å². The highest BCUT2D eigenvalue weighted by atomic mass is 16.3. The van der Waals surface area contributed by atoms with Crippen molar-refractivity contribution in [2.24, 2.45) is 5.41 Å². The Kier molecular flexibility index (Phi) is 11.9. The van der Waals surface area contributed by atoms with E-state index in [9.17, 15) is 4.79 Å². The number of allylic oxidation sites excluding steroid dienone is 2. The van der Waals surface area contributed by atoms with Crippen molar-refractivity contribution in [2.75, 3.05) is 32.8 Å². The standard InChI is InChI=1S/C22H34N4O2.2C2H6/c1-5-22(3,4)20(28)21-23-18-9-6-8-17(14-19(18)24-21)26-12-11-25(10-7-13-27)15-16(26)2;2*1-2/h6,8,14,16,27H,5,7,9-13,15H2,1-4H3,(H,23,24);2*1-2H3. The molecule has 1 fully saturated rings. The van der Waals surface area contributed by atoms with Gasteiger partial charge in [-0.2, -0.15) is 0 Å². The minimum absolute atomic E-state index is 0.0767. The van der Waals surface area contributed by atoms with Crippen LogP contribution >= 0.6 is 0 Å². The zero-order chi connectivity index (χ0) is 24.3. The number of aliphatic hydroxyl groups excluding tert-OH is 1. The van der Waals surface area contributed by atoms with Crippen LogP contribution in [0.4, 0.5) is 0 Å². The number of ketones is 1. The zero-order valence-corrected chi connectivity index (χ0v) is 21.7. The maximum absolute atomic E-state index is 12.8. The molecule has 2 heterocycles. The van der Waals surface area contributed by atoms with Gasteiger partial charge in [0.25, 0.3) is 0 Å². The van der Waals surface area contributed by atoms with Gasteiger partial charge in [-0.25, -0.2) is 4.98 Å². The normalized spacial score (nSPS) is 18.5. The Bertz CT molecular complexity index is 764. The molecule has 0 bridgehead atoms. The van der Waals surface area contributed by atoms with Gasteiger partial charge in [0.1, 0.15) is 0 Å². The molecule has 0 saturated carbocycles. The number of rotatable bonds is 7. The molecule has 0 spiro atoms. The number of nitrogens with zero attached hydrogens (tertiary/aromatic N) is 3. The molecular formula is C26H46N4O2. The SMILES string of the molecule is CC.CC.CCC(C)(C)C(=O)c1nc2c([nH]1)CC=CC(N1CCN(CCCO)CC1C)=C2. The Morgan fingerprint density at radius 3 is 2.53 bits per heavy atom. The second-order valence-electron chi connectivity index (χ2n) is 8.61. The Balaban J connectivity index is 0.00000121. The van der Waals surface area contributed by atoms with Crippen LogP contribution in [0.1, 0.15) is 90.2 Å². The lowest BCUT2D eigenvalue weighted by atomic mass is 9.85. The largest absolute Gasteiger partial charge is 0.396 e. The number of nitrogens with one attached hydrogen (secondary N) is 1. The first-order chi connectivity index (χ1) is 15.4. The summed E-state index contributed by atoms with van der Waals surface area (Å²) in [5.41, 5.74) is 2.65. The summed E-state index contributed by atoms with van der Waals surface area (Å²) in [5, 5.41) is 9.06. The fraction of sp³-hybridized carbons (Fsp3) is 0.692. The van der Waals surface area contributed by atoms with Gasteiger partial charge < -0.3 is 15.0 Å². The number of piperazine rings is 1. The number of Topliss-reactive ketones (excluding diaryl/α,β-unsaturated/α-hetero) is 1. The topological polar surface area (TPSA) is 72.5 Å². The molecule has 0 amide bonds. The lowest BCUT2D eigenvalue weighted by molar-refractivity contribution is 0.0822. The second kappa shape index (κ2) is 13.6. The number of aromatic amines is 1. The van der Waals surface area contributed by atoms with Crippen molar-refractivity contribution in [1.29, 1.82) is 0 Å². The number of aromatic nitrogens is 2. The third-order valence-corrected chi connectivity index (χ3v) is 6.10. The van der Waals surface area contributed by atoms with Gasteiger partial charge in [0.05, 0.1) is 5.69 Å². The molecule has 1 unspecified atom stereocenters. The van der Waals surface area contributed by atoms with Crippen LogP contribution in [0.2, 0.25) is 0 Å². The average molecular weight is 447 g/mol. The number of H-pyrrole nitrogens is 1. The third kappa shape index (κ3) is 7.04. The summed E-state index contributed by atoms with van der Waals surface area (Å²) in [7, 11) is 0. The minimum atomic E-state index is -0.404. The van der Waals surface area contributed by atoms with Crippen molar-refractivity contribution in [1.82, 2.24) is 19.8 Å². The monoisotopic (exact) mass is 446 g/mol. The van der Waals surface area contributed by atoms with E-state index in [1.165, 1.54) is 0 Å². The highest BCUT2D eigenvalue weighted by Gasteiger charge is 2.30. The molecule has 1 aliphatic heterocycles. The van der Waals surface area contributed by atoms with Gasteiger partial charge in [0.15, 0.2) is 5.82 Å². The molecule has 0 radical (unpaired) electrons. The van der Waals surface area contributed by atoms with Crippen LogP contribution in [0.5, 0.6) is 0 Å². The van der Waals surface area contributed by atoms with E-state index in [0.717, 1.165) is 62.5 Å². The van der Waals surface area contributed by atoms with Crippen LogP contribution in [0.3, 0.4) is 0 Å². The first kappa shape index (κ1) is 28.1. The molecule has 1 atom stereocenters. The summed E-state index contributed by atoms with van der Waals surface area (Å²) in [6.07, 6.45) is 8.82. The lowest BCUT2D eigenvalue weighted by Crippen LogP contribution is -2.51. The third-order valence-electron chi connectivity index (χ3n) is 6.10. The number of carbonyl (C=O) groups excluding carboxylic acids is 1. The number of aliphatic hydroxyl groups is 1. The Morgan fingerprint density at radius 2 is 1.94 bits per heavy atom.